The normalized spacial score (nSPS) is 14.6. The minimum atomic E-state index is -0.650. The van der Waals surface area contributed by atoms with Gasteiger partial charge in [-0.15, -0.1) is 0 Å². The maximum Gasteiger partial charge on any atom is 0.164 e. The van der Waals surface area contributed by atoms with Crippen molar-refractivity contribution < 1.29 is 13.6 Å². The number of rotatable bonds is 1. The summed E-state index contributed by atoms with van der Waals surface area (Å²) >= 11 is 3.18. The maximum absolute atomic E-state index is 14.0. The van der Waals surface area contributed by atoms with E-state index in [0.29, 0.717) is 16.5 Å². The van der Waals surface area contributed by atoms with Crippen molar-refractivity contribution in [3.8, 4) is 5.69 Å². The number of nitrogens with zero attached hydrogens (tertiary/aromatic N) is 1. The molecule has 0 radical (unpaired) electrons. The predicted octanol–water partition coefficient (Wildman–Crippen LogP) is 4.04. The number of fused-ring (bicyclic) bond motifs is 1. The van der Waals surface area contributed by atoms with Crippen molar-refractivity contribution in [1.82, 2.24) is 4.57 Å². The number of hydrogen-bond donors (Lipinski definition) is 0. The van der Waals surface area contributed by atoms with E-state index in [4.69, 9.17) is 0 Å². The van der Waals surface area contributed by atoms with E-state index < -0.39 is 11.6 Å². The number of carbonyl (C=O) groups excluding carboxylic acids is 1. The van der Waals surface area contributed by atoms with Crippen molar-refractivity contribution in [2.24, 2.45) is 0 Å². The van der Waals surface area contributed by atoms with Gasteiger partial charge < -0.3 is 4.57 Å². The molecule has 0 fully saturated rings. The molecule has 0 atom stereocenters. The quantitative estimate of drug-likeness (QED) is 0.775. The molecule has 2 nitrogen and oxygen atoms in total. The van der Waals surface area contributed by atoms with Crippen LogP contribution >= 0.6 is 15.9 Å². The molecule has 0 unspecified atom stereocenters. The topological polar surface area (TPSA) is 22.0 Å². The summed E-state index contributed by atoms with van der Waals surface area (Å²) in [5.74, 6) is -1.20. The standard InChI is InChI=1S/C14H10BrF2NO/c15-10-6-8(16)7-11(17)14(10)18-5-4-9-12(18)2-1-3-13(9)19/h4-7H,1-3H2. The molecule has 98 valence electrons. The van der Waals surface area contributed by atoms with E-state index in [1.165, 1.54) is 6.07 Å². The molecule has 19 heavy (non-hydrogen) atoms. The Bertz CT molecular complexity index is 655. The van der Waals surface area contributed by atoms with Gasteiger partial charge in [-0.25, -0.2) is 8.78 Å². The van der Waals surface area contributed by atoms with Gasteiger partial charge in [0.15, 0.2) is 11.6 Å². The molecule has 0 saturated heterocycles. The fraction of sp³-hybridized carbons (Fsp3) is 0.214. The average Bonchev–Trinajstić information content (AvgIpc) is 2.73. The molecular weight excluding hydrogens is 316 g/mol. The SMILES string of the molecule is O=C1CCCc2c1ccn2-c1c(F)cc(F)cc1Br. The van der Waals surface area contributed by atoms with Crippen LogP contribution in [0.5, 0.6) is 0 Å². The highest BCUT2D eigenvalue weighted by molar-refractivity contribution is 9.10. The van der Waals surface area contributed by atoms with E-state index in [-0.39, 0.29) is 11.5 Å². The molecule has 0 amide bonds. The lowest BCUT2D eigenvalue weighted by atomic mass is 9.97. The molecule has 5 heteroatoms. The van der Waals surface area contributed by atoms with Crippen LogP contribution < -0.4 is 0 Å². The third kappa shape index (κ3) is 2.02. The summed E-state index contributed by atoms with van der Waals surface area (Å²) in [6.07, 6.45) is 3.67. The smallest absolute Gasteiger partial charge is 0.164 e. The molecule has 2 aromatic rings. The number of Topliss-reactive ketones (excluding diaryl/α,β-unsaturated/α-hetero) is 1. The van der Waals surface area contributed by atoms with E-state index in [1.807, 2.05) is 0 Å². The Hall–Kier alpha value is -1.49. The first kappa shape index (κ1) is 12.5. The van der Waals surface area contributed by atoms with Gasteiger partial charge in [-0.05, 0) is 40.9 Å². The van der Waals surface area contributed by atoms with Crippen LogP contribution in [-0.2, 0) is 6.42 Å². The van der Waals surface area contributed by atoms with Crippen LogP contribution in [0.1, 0.15) is 28.9 Å². The molecule has 3 rings (SSSR count). The maximum atomic E-state index is 14.0. The first-order chi connectivity index (χ1) is 9.08. The van der Waals surface area contributed by atoms with Gasteiger partial charge in [0.1, 0.15) is 5.82 Å². The summed E-state index contributed by atoms with van der Waals surface area (Å²) in [6, 6.07) is 3.76. The van der Waals surface area contributed by atoms with Crippen LogP contribution in [0, 0.1) is 11.6 Å². The zero-order chi connectivity index (χ0) is 13.6. The van der Waals surface area contributed by atoms with Crippen LogP contribution in [0.2, 0.25) is 0 Å². The highest BCUT2D eigenvalue weighted by Crippen LogP contribution is 2.31. The lowest BCUT2D eigenvalue weighted by Gasteiger charge is -2.16. The average molecular weight is 326 g/mol. The largest absolute Gasteiger partial charge is 0.317 e. The van der Waals surface area contributed by atoms with Crippen molar-refractivity contribution in [1.29, 1.82) is 0 Å². The molecular formula is C14H10BrF2NO. The summed E-state index contributed by atoms with van der Waals surface area (Å²) in [6.45, 7) is 0. The molecule has 0 aliphatic heterocycles. The molecule has 1 aliphatic carbocycles. The highest BCUT2D eigenvalue weighted by atomic mass is 79.9. The number of aromatic nitrogens is 1. The Labute approximate surface area is 117 Å². The zero-order valence-electron chi connectivity index (χ0n) is 9.92. The molecule has 0 N–H and O–H groups in total. The van der Waals surface area contributed by atoms with E-state index in [1.54, 1.807) is 16.8 Å². The number of hydrogen-bond acceptors (Lipinski definition) is 1. The summed E-state index contributed by atoms with van der Waals surface area (Å²) < 4.78 is 29.0. The van der Waals surface area contributed by atoms with Crippen LogP contribution in [0.4, 0.5) is 8.78 Å². The lowest BCUT2D eigenvalue weighted by molar-refractivity contribution is 0.0972. The van der Waals surface area contributed by atoms with Crippen LogP contribution in [0.3, 0.4) is 0 Å². The Morgan fingerprint density at radius 2 is 2.00 bits per heavy atom. The van der Waals surface area contributed by atoms with Gasteiger partial charge in [-0.3, -0.25) is 4.79 Å². The van der Waals surface area contributed by atoms with E-state index in [0.717, 1.165) is 24.6 Å². The second-order valence-electron chi connectivity index (χ2n) is 4.54. The highest BCUT2D eigenvalue weighted by Gasteiger charge is 2.23. The van der Waals surface area contributed by atoms with Crippen molar-refractivity contribution >= 4 is 21.7 Å². The Morgan fingerprint density at radius 3 is 2.74 bits per heavy atom. The fourth-order valence-electron chi connectivity index (χ4n) is 2.50. The lowest BCUT2D eigenvalue weighted by Crippen LogP contribution is -2.13. The van der Waals surface area contributed by atoms with E-state index in [2.05, 4.69) is 15.9 Å². The molecule has 1 aromatic carbocycles. The summed E-state index contributed by atoms with van der Waals surface area (Å²) in [7, 11) is 0. The molecule has 1 aromatic heterocycles. The van der Waals surface area contributed by atoms with Crippen molar-refractivity contribution in [2.75, 3.05) is 0 Å². The Balaban J connectivity index is 2.21. The van der Waals surface area contributed by atoms with Crippen molar-refractivity contribution in [3.63, 3.8) is 0 Å². The van der Waals surface area contributed by atoms with Crippen LogP contribution in [-0.4, -0.2) is 10.4 Å². The van der Waals surface area contributed by atoms with Crippen molar-refractivity contribution in [3.05, 3.63) is 51.8 Å². The number of ketones is 1. The van der Waals surface area contributed by atoms with Crippen LogP contribution in [0.15, 0.2) is 28.9 Å². The second-order valence-corrected chi connectivity index (χ2v) is 5.40. The van der Waals surface area contributed by atoms with Gasteiger partial charge in [0, 0.05) is 34.4 Å². The first-order valence-corrected chi connectivity index (χ1v) is 6.75. The third-order valence-electron chi connectivity index (χ3n) is 3.33. The minimum absolute atomic E-state index is 0.0821. The van der Waals surface area contributed by atoms with Gasteiger partial charge >= 0.3 is 0 Å². The Morgan fingerprint density at radius 1 is 1.21 bits per heavy atom. The van der Waals surface area contributed by atoms with Gasteiger partial charge in [0.2, 0.25) is 0 Å². The second kappa shape index (κ2) is 4.56. The zero-order valence-corrected chi connectivity index (χ0v) is 11.5. The number of carbonyl (C=O) groups is 1. The molecule has 1 heterocycles. The Kier molecular flexibility index (Phi) is 3.01. The summed E-state index contributed by atoms with van der Waals surface area (Å²) in [5, 5.41) is 0. The first-order valence-electron chi connectivity index (χ1n) is 5.96. The van der Waals surface area contributed by atoms with Crippen molar-refractivity contribution in [2.45, 2.75) is 19.3 Å². The number of benzene rings is 1. The molecule has 0 bridgehead atoms. The van der Waals surface area contributed by atoms with Gasteiger partial charge in [-0.1, -0.05) is 0 Å². The third-order valence-corrected chi connectivity index (χ3v) is 3.94. The number of halogens is 3. The molecule has 1 aliphatic rings. The van der Waals surface area contributed by atoms with E-state index in [9.17, 15) is 13.6 Å². The summed E-state index contributed by atoms with van der Waals surface area (Å²) in [4.78, 5) is 11.8. The molecule has 0 saturated carbocycles. The summed E-state index contributed by atoms with van der Waals surface area (Å²) in [5.41, 5.74) is 1.68. The monoisotopic (exact) mass is 325 g/mol. The minimum Gasteiger partial charge on any atom is -0.317 e. The molecule has 0 spiro atoms. The fourth-order valence-corrected chi connectivity index (χ4v) is 3.10. The van der Waals surface area contributed by atoms with E-state index >= 15 is 0 Å². The van der Waals surface area contributed by atoms with Gasteiger partial charge in [-0.2, -0.15) is 0 Å². The predicted molar refractivity (Wildman–Crippen MR) is 70.7 cm³/mol. The van der Waals surface area contributed by atoms with Gasteiger partial charge in [0.25, 0.3) is 0 Å². The van der Waals surface area contributed by atoms with Gasteiger partial charge in [0.05, 0.1) is 5.69 Å². The van der Waals surface area contributed by atoms with Crippen LogP contribution in [0.25, 0.3) is 5.69 Å².